The monoisotopic (exact) mass is 346 g/mol. The lowest BCUT2D eigenvalue weighted by molar-refractivity contribution is 0.0223. The van der Waals surface area contributed by atoms with Gasteiger partial charge >= 0.3 is 6.09 Å². The molecule has 0 unspecified atom stereocenters. The molecule has 0 saturated carbocycles. The van der Waals surface area contributed by atoms with Crippen molar-refractivity contribution < 1.29 is 14.3 Å². The Morgan fingerprint density at radius 1 is 1.24 bits per heavy atom. The largest absolute Gasteiger partial charge is 0.493 e. The average Bonchev–Trinajstić information content (AvgIpc) is 2.58. The molecule has 0 bridgehead atoms. The molecule has 1 aromatic rings. The molecule has 2 aliphatic rings. The second-order valence-corrected chi connectivity index (χ2v) is 8.09. The van der Waals surface area contributed by atoms with Crippen molar-refractivity contribution in [2.45, 2.75) is 52.2 Å². The van der Waals surface area contributed by atoms with Crippen LogP contribution in [-0.2, 0) is 17.7 Å². The molecule has 0 atom stereocenters. The average molecular weight is 346 g/mol. The molecule has 1 saturated heterocycles. The van der Waals surface area contributed by atoms with Crippen LogP contribution in [0.5, 0.6) is 5.75 Å². The van der Waals surface area contributed by atoms with E-state index in [1.165, 1.54) is 24.0 Å². The smallest absolute Gasteiger partial charge is 0.410 e. The molecule has 2 heterocycles. The fourth-order valence-electron chi connectivity index (χ4n) is 3.37. The van der Waals surface area contributed by atoms with E-state index in [4.69, 9.17) is 9.47 Å². The van der Waals surface area contributed by atoms with Gasteiger partial charge in [-0.05, 0) is 82.3 Å². The SMILES string of the molecule is CC(C)(C)OC(=O)N1CCc2ccc(OCC3CCNCC3)cc2C1. The molecule has 0 aromatic heterocycles. The third-order valence-corrected chi connectivity index (χ3v) is 4.79. The lowest BCUT2D eigenvalue weighted by Crippen LogP contribution is -2.39. The highest BCUT2D eigenvalue weighted by Crippen LogP contribution is 2.26. The molecule has 2 aliphatic heterocycles. The summed E-state index contributed by atoms with van der Waals surface area (Å²) in [4.78, 5) is 14.1. The number of amides is 1. The number of hydrogen-bond donors (Lipinski definition) is 1. The summed E-state index contributed by atoms with van der Waals surface area (Å²) in [6.45, 7) is 9.94. The van der Waals surface area contributed by atoms with Crippen LogP contribution in [-0.4, -0.2) is 42.8 Å². The standard InChI is InChI=1S/C20H30N2O3/c1-20(2,3)25-19(23)22-11-8-16-4-5-18(12-17(16)13-22)24-14-15-6-9-21-10-7-15/h4-5,12,15,21H,6-11,13-14H2,1-3H3. The van der Waals surface area contributed by atoms with E-state index < -0.39 is 5.60 Å². The van der Waals surface area contributed by atoms with Crippen LogP contribution >= 0.6 is 0 Å². The van der Waals surface area contributed by atoms with Crippen molar-refractivity contribution in [1.82, 2.24) is 10.2 Å². The topological polar surface area (TPSA) is 50.8 Å². The van der Waals surface area contributed by atoms with Crippen molar-refractivity contribution >= 4 is 6.09 Å². The van der Waals surface area contributed by atoms with E-state index in [-0.39, 0.29) is 6.09 Å². The summed E-state index contributed by atoms with van der Waals surface area (Å²) in [5.74, 6) is 1.54. The van der Waals surface area contributed by atoms with E-state index in [0.717, 1.165) is 31.9 Å². The second kappa shape index (κ2) is 7.65. The molecule has 0 aliphatic carbocycles. The molecule has 1 fully saturated rings. The number of carbonyl (C=O) groups is 1. The van der Waals surface area contributed by atoms with E-state index in [0.29, 0.717) is 19.0 Å². The highest BCUT2D eigenvalue weighted by molar-refractivity contribution is 5.68. The minimum Gasteiger partial charge on any atom is -0.493 e. The third kappa shape index (κ3) is 5.11. The summed E-state index contributed by atoms with van der Waals surface area (Å²) in [5, 5.41) is 3.38. The normalized spacial score (nSPS) is 18.6. The third-order valence-electron chi connectivity index (χ3n) is 4.79. The zero-order valence-electron chi connectivity index (χ0n) is 15.6. The van der Waals surface area contributed by atoms with E-state index in [1.54, 1.807) is 4.90 Å². The molecular weight excluding hydrogens is 316 g/mol. The van der Waals surface area contributed by atoms with Crippen molar-refractivity contribution in [1.29, 1.82) is 0 Å². The number of ether oxygens (including phenoxy) is 2. The van der Waals surface area contributed by atoms with Gasteiger partial charge in [-0.25, -0.2) is 4.79 Å². The van der Waals surface area contributed by atoms with Crippen molar-refractivity contribution in [2.24, 2.45) is 5.92 Å². The molecule has 138 valence electrons. The van der Waals surface area contributed by atoms with E-state index >= 15 is 0 Å². The molecule has 1 aromatic carbocycles. The number of nitrogens with zero attached hydrogens (tertiary/aromatic N) is 1. The van der Waals surface area contributed by atoms with Gasteiger partial charge in [-0.1, -0.05) is 6.07 Å². The van der Waals surface area contributed by atoms with E-state index in [9.17, 15) is 4.79 Å². The zero-order chi connectivity index (χ0) is 17.9. The van der Waals surface area contributed by atoms with Gasteiger partial charge in [0.25, 0.3) is 0 Å². The first-order valence-corrected chi connectivity index (χ1v) is 9.34. The second-order valence-electron chi connectivity index (χ2n) is 8.09. The lowest BCUT2D eigenvalue weighted by atomic mass is 9.98. The van der Waals surface area contributed by atoms with Gasteiger partial charge in [-0.15, -0.1) is 0 Å². The maximum Gasteiger partial charge on any atom is 0.410 e. The van der Waals surface area contributed by atoms with Crippen LogP contribution in [0.25, 0.3) is 0 Å². The maximum absolute atomic E-state index is 12.3. The van der Waals surface area contributed by atoms with E-state index in [1.807, 2.05) is 20.8 Å². The Bertz CT molecular complexity index is 603. The number of nitrogens with one attached hydrogen (secondary N) is 1. The zero-order valence-corrected chi connectivity index (χ0v) is 15.6. The molecule has 0 spiro atoms. The first-order chi connectivity index (χ1) is 11.9. The van der Waals surface area contributed by atoms with Gasteiger partial charge in [-0.2, -0.15) is 0 Å². The Labute approximate surface area is 150 Å². The fraction of sp³-hybridized carbons (Fsp3) is 0.650. The van der Waals surface area contributed by atoms with Gasteiger partial charge in [0, 0.05) is 13.1 Å². The van der Waals surface area contributed by atoms with Gasteiger partial charge in [-0.3, -0.25) is 0 Å². The predicted molar refractivity (Wildman–Crippen MR) is 97.9 cm³/mol. The molecule has 5 heteroatoms. The van der Waals surface area contributed by atoms with Crippen molar-refractivity contribution in [3.05, 3.63) is 29.3 Å². The number of fused-ring (bicyclic) bond motifs is 1. The molecule has 1 N–H and O–H groups in total. The first kappa shape index (κ1) is 18.1. The van der Waals surface area contributed by atoms with Gasteiger partial charge in [0.2, 0.25) is 0 Å². The first-order valence-electron chi connectivity index (χ1n) is 9.34. The molecular formula is C20H30N2O3. The van der Waals surface area contributed by atoms with Crippen LogP contribution in [0.4, 0.5) is 4.79 Å². The molecule has 1 amide bonds. The number of piperidine rings is 1. The molecule has 5 nitrogen and oxygen atoms in total. The van der Waals surface area contributed by atoms with Gasteiger partial charge < -0.3 is 19.7 Å². The Morgan fingerprint density at radius 3 is 2.72 bits per heavy atom. The van der Waals surface area contributed by atoms with Gasteiger partial charge in [0.15, 0.2) is 0 Å². The summed E-state index contributed by atoms with van der Waals surface area (Å²) < 4.78 is 11.5. The Balaban J connectivity index is 1.59. The highest BCUT2D eigenvalue weighted by Gasteiger charge is 2.26. The van der Waals surface area contributed by atoms with E-state index in [2.05, 4.69) is 23.5 Å². The minimum absolute atomic E-state index is 0.237. The van der Waals surface area contributed by atoms with Crippen molar-refractivity contribution in [2.75, 3.05) is 26.2 Å². The molecule has 3 rings (SSSR count). The van der Waals surface area contributed by atoms with Crippen LogP contribution in [0, 0.1) is 5.92 Å². The minimum atomic E-state index is -0.461. The van der Waals surface area contributed by atoms with Gasteiger partial charge in [0.05, 0.1) is 6.61 Å². The van der Waals surface area contributed by atoms with Crippen molar-refractivity contribution in [3.63, 3.8) is 0 Å². The molecule has 0 radical (unpaired) electrons. The number of hydrogen-bond acceptors (Lipinski definition) is 4. The van der Waals surface area contributed by atoms with Crippen LogP contribution in [0.15, 0.2) is 18.2 Å². The van der Waals surface area contributed by atoms with Crippen LogP contribution < -0.4 is 10.1 Å². The van der Waals surface area contributed by atoms with Crippen LogP contribution in [0.3, 0.4) is 0 Å². The highest BCUT2D eigenvalue weighted by atomic mass is 16.6. The predicted octanol–water partition coefficient (Wildman–Crippen LogP) is 3.36. The van der Waals surface area contributed by atoms with Crippen LogP contribution in [0.1, 0.15) is 44.7 Å². The Kier molecular flexibility index (Phi) is 5.52. The summed E-state index contributed by atoms with van der Waals surface area (Å²) in [6, 6.07) is 6.29. The number of carbonyl (C=O) groups excluding carboxylic acids is 1. The molecule has 25 heavy (non-hydrogen) atoms. The Hall–Kier alpha value is -1.75. The number of benzene rings is 1. The quantitative estimate of drug-likeness (QED) is 0.912. The summed E-state index contributed by atoms with van der Waals surface area (Å²) in [5.41, 5.74) is 2.01. The van der Waals surface area contributed by atoms with Crippen LogP contribution in [0.2, 0.25) is 0 Å². The summed E-state index contributed by atoms with van der Waals surface area (Å²) >= 11 is 0. The Morgan fingerprint density at radius 2 is 2.00 bits per heavy atom. The number of rotatable bonds is 3. The van der Waals surface area contributed by atoms with Crippen molar-refractivity contribution in [3.8, 4) is 5.75 Å². The summed E-state index contributed by atoms with van der Waals surface area (Å²) in [7, 11) is 0. The lowest BCUT2D eigenvalue weighted by Gasteiger charge is -2.31. The fourth-order valence-corrected chi connectivity index (χ4v) is 3.37. The maximum atomic E-state index is 12.3. The summed E-state index contributed by atoms with van der Waals surface area (Å²) in [6.07, 6.45) is 2.98. The van der Waals surface area contributed by atoms with Gasteiger partial charge in [0.1, 0.15) is 11.4 Å².